The molecule has 3 nitrogen and oxygen atoms in total. The summed E-state index contributed by atoms with van der Waals surface area (Å²) in [5.74, 6) is -0.189. The van der Waals surface area contributed by atoms with E-state index >= 15 is 0 Å². The Hall–Kier alpha value is -0.570. The van der Waals surface area contributed by atoms with E-state index in [1.165, 1.54) is 77.7 Å². The highest BCUT2D eigenvalue weighted by atomic mass is 16.6. The molecule has 0 bridgehead atoms. The van der Waals surface area contributed by atoms with Gasteiger partial charge >= 0.3 is 5.97 Å². The minimum atomic E-state index is -0.562. The Bertz CT molecular complexity index is 272. The fraction of sp³-hybridized carbons (Fsp3) is 0.944. The van der Waals surface area contributed by atoms with Crippen LogP contribution in [0, 0.1) is 0 Å². The second kappa shape index (κ2) is 11.1. The van der Waals surface area contributed by atoms with Crippen molar-refractivity contribution in [3.8, 4) is 0 Å². The molecule has 1 saturated heterocycles. The van der Waals surface area contributed by atoms with Crippen LogP contribution in [0.3, 0.4) is 0 Å². The Morgan fingerprint density at radius 1 is 0.905 bits per heavy atom. The number of carbonyl (C=O) groups excluding carboxylic acids is 1. The van der Waals surface area contributed by atoms with Crippen LogP contribution in [0.15, 0.2) is 0 Å². The molecular formula is C18H34O3. The molecule has 0 aromatic carbocycles. The van der Waals surface area contributed by atoms with Crippen molar-refractivity contribution >= 4 is 5.97 Å². The average molecular weight is 298 g/mol. The van der Waals surface area contributed by atoms with Gasteiger partial charge in [-0.1, -0.05) is 77.6 Å². The van der Waals surface area contributed by atoms with Crippen molar-refractivity contribution in [2.24, 2.45) is 0 Å². The second-order valence-electron chi connectivity index (χ2n) is 6.41. The first-order valence-electron chi connectivity index (χ1n) is 8.97. The molecule has 1 aliphatic heterocycles. The highest BCUT2D eigenvalue weighted by Gasteiger charge is 2.52. The number of ether oxygens (including phenoxy) is 2. The van der Waals surface area contributed by atoms with Crippen LogP contribution in [0.4, 0.5) is 0 Å². The van der Waals surface area contributed by atoms with Gasteiger partial charge in [0.2, 0.25) is 0 Å². The van der Waals surface area contributed by atoms with Gasteiger partial charge in [0.15, 0.2) is 5.60 Å². The SMILES string of the molecule is CCCCCCCCCCCCCC[C@@]1(C(=O)OC)CO1. The van der Waals surface area contributed by atoms with Crippen molar-refractivity contribution in [3.05, 3.63) is 0 Å². The van der Waals surface area contributed by atoms with Crippen LogP contribution >= 0.6 is 0 Å². The van der Waals surface area contributed by atoms with Crippen molar-refractivity contribution in [1.82, 2.24) is 0 Å². The molecule has 0 aromatic heterocycles. The molecule has 0 saturated carbocycles. The quantitative estimate of drug-likeness (QED) is 0.257. The summed E-state index contributed by atoms with van der Waals surface area (Å²) < 4.78 is 10.0. The van der Waals surface area contributed by atoms with E-state index in [4.69, 9.17) is 9.47 Å². The number of unbranched alkanes of at least 4 members (excludes halogenated alkanes) is 11. The Kier molecular flexibility index (Phi) is 9.73. The van der Waals surface area contributed by atoms with Crippen LogP contribution in [0.25, 0.3) is 0 Å². The third-order valence-electron chi connectivity index (χ3n) is 4.48. The van der Waals surface area contributed by atoms with Gasteiger partial charge in [0.05, 0.1) is 13.7 Å². The van der Waals surface area contributed by atoms with Gasteiger partial charge in [0.1, 0.15) is 0 Å². The predicted molar refractivity (Wildman–Crippen MR) is 86.4 cm³/mol. The smallest absolute Gasteiger partial charge is 0.340 e. The number of hydrogen-bond donors (Lipinski definition) is 0. The van der Waals surface area contributed by atoms with E-state index in [-0.39, 0.29) is 5.97 Å². The molecular weight excluding hydrogens is 264 g/mol. The Morgan fingerprint density at radius 2 is 1.33 bits per heavy atom. The lowest BCUT2D eigenvalue weighted by molar-refractivity contribution is -0.147. The molecule has 0 aromatic rings. The lowest BCUT2D eigenvalue weighted by atomic mass is 10.0. The van der Waals surface area contributed by atoms with Crippen LogP contribution in [0.1, 0.15) is 90.4 Å². The maximum absolute atomic E-state index is 11.5. The summed E-state index contributed by atoms with van der Waals surface area (Å²) in [4.78, 5) is 11.5. The summed E-state index contributed by atoms with van der Waals surface area (Å²) in [6.07, 6.45) is 16.9. The molecule has 21 heavy (non-hydrogen) atoms. The van der Waals surface area contributed by atoms with Gasteiger partial charge < -0.3 is 9.47 Å². The number of hydrogen-bond acceptors (Lipinski definition) is 3. The number of carbonyl (C=O) groups is 1. The third kappa shape index (κ3) is 7.85. The Balaban J connectivity index is 1.80. The van der Waals surface area contributed by atoms with Gasteiger partial charge in [0.25, 0.3) is 0 Å². The van der Waals surface area contributed by atoms with E-state index in [1.54, 1.807) is 0 Å². The molecule has 1 heterocycles. The van der Waals surface area contributed by atoms with Crippen molar-refractivity contribution in [1.29, 1.82) is 0 Å². The zero-order chi connectivity index (χ0) is 15.4. The minimum Gasteiger partial charge on any atom is -0.467 e. The molecule has 1 aliphatic rings. The highest BCUT2D eigenvalue weighted by Crippen LogP contribution is 2.34. The van der Waals surface area contributed by atoms with Gasteiger partial charge in [0, 0.05) is 0 Å². The Morgan fingerprint density at radius 3 is 1.71 bits per heavy atom. The van der Waals surface area contributed by atoms with Crippen molar-refractivity contribution in [3.63, 3.8) is 0 Å². The number of esters is 1. The van der Waals surface area contributed by atoms with Crippen LogP contribution in [0.2, 0.25) is 0 Å². The number of rotatable bonds is 14. The number of methoxy groups -OCH3 is 1. The van der Waals surface area contributed by atoms with Crippen molar-refractivity contribution in [2.45, 2.75) is 96.0 Å². The first-order chi connectivity index (χ1) is 10.2. The summed E-state index contributed by atoms with van der Waals surface area (Å²) in [5, 5.41) is 0. The maximum Gasteiger partial charge on any atom is 0.340 e. The van der Waals surface area contributed by atoms with E-state index in [1.807, 2.05) is 0 Å². The molecule has 1 atom stereocenters. The van der Waals surface area contributed by atoms with Crippen LogP contribution < -0.4 is 0 Å². The third-order valence-corrected chi connectivity index (χ3v) is 4.48. The fourth-order valence-electron chi connectivity index (χ4n) is 2.89. The Labute approximate surface area is 130 Å². The highest BCUT2D eigenvalue weighted by molar-refractivity contribution is 5.82. The van der Waals surface area contributed by atoms with Gasteiger partial charge in [-0.05, 0) is 12.8 Å². The van der Waals surface area contributed by atoms with E-state index in [0.29, 0.717) is 6.61 Å². The van der Waals surface area contributed by atoms with Crippen molar-refractivity contribution in [2.75, 3.05) is 13.7 Å². The normalized spacial score (nSPS) is 20.5. The van der Waals surface area contributed by atoms with Crippen LogP contribution in [-0.4, -0.2) is 25.3 Å². The molecule has 0 spiro atoms. The molecule has 0 N–H and O–H groups in total. The van der Waals surface area contributed by atoms with Gasteiger partial charge in [-0.15, -0.1) is 0 Å². The van der Waals surface area contributed by atoms with Gasteiger partial charge in [-0.2, -0.15) is 0 Å². The maximum atomic E-state index is 11.5. The first-order valence-corrected chi connectivity index (χ1v) is 8.97. The molecule has 0 radical (unpaired) electrons. The largest absolute Gasteiger partial charge is 0.467 e. The summed E-state index contributed by atoms with van der Waals surface area (Å²) in [6.45, 7) is 2.82. The van der Waals surface area contributed by atoms with E-state index in [0.717, 1.165) is 12.8 Å². The summed E-state index contributed by atoms with van der Waals surface area (Å²) in [6, 6.07) is 0. The molecule has 1 fully saturated rings. The topological polar surface area (TPSA) is 38.8 Å². The first kappa shape index (κ1) is 18.5. The lowest BCUT2D eigenvalue weighted by Crippen LogP contribution is -2.25. The van der Waals surface area contributed by atoms with Gasteiger partial charge in [-0.25, -0.2) is 4.79 Å². The number of epoxide rings is 1. The molecule has 0 aliphatic carbocycles. The zero-order valence-corrected chi connectivity index (χ0v) is 14.1. The predicted octanol–water partition coefficient (Wildman–Crippen LogP) is 5.02. The molecule has 124 valence electrons. The van der Waals surface area contributed by atoms with E-state index in [9.17, 15) is 4.79 Å². The molecule has 0 amide bonds. The standard InChI is InChI=1S/C18H34O3/c1-3-4-5-6-7-8-9-10-11-12-13-14-15-18(16-21-18)17(19)20-2/h3-16H2,1-2H3/t18-/m0/s1. The summed E-state index contributed by atoms with van der Waals surface area (Å²) in [5.41, 5.74) is -0.562. The summed E-state index contributed by atoms with van der Waals surface area (Å²) in [7, 11) is 1.44. The molecule has 1 rings (SSSR count). The zero-order valence-electron chi connectivity index (χ0n) is 14.1. The molecule has 3 heteroatoms. The van der Waals surface area contributed by atoms with E-state index < -0.39 is 5.60 Å². The average Bonchev–Trinajstić information content (AvgIpc) is 3.28. The van der Waals surface area contributed by atoms with Crippen LogP contribution in [-0.2, 0) is 14.3 Å². The fourth-order valence-corrected chi connectivity index (χ4v) is 2.89. The van der Waals surface area contributed by atoms with Crippen LogP contribution in [0.5, 0.6) is 0 Å². The molecule has 0 unspecified atom stereocenters. The van der Waals surface area contributed by atoms with Gasteiger partial charge in [-0.3, -0.25) is 0 Å². The second-order valence-corrected chi connectivity index (χ2v) is 6.41. The van der Waals surface area contributed by atoms with E-state index in [2.05, 4.69) is 6.92 Å². The summed E-state index contributed by atoms with van der Waals surface area (Å²) >= 11 is 0. The van der Waals surface area contributed by atoms with Crippen molar-refractivity contribution < 1.29 is 14.3 Å². The minimum absolute atomic E-state index is 0.189. The lowest BCUT2D eigenvalue weighted by Gasteiger charge is -2.08. The monoisotopic (exact) mass is 298 g/mol.